The smallest absolute Gasteiger partial charge is 0.150 e. The summed E-state index contributed by atoms with van der Waals surface area (Å²) in [6.07, 6.45) is 1.24. The molecule has 1 aliphatic rings. The van der Waals surface area contributed by atoms with Gasteiger partial charge in [0.05, 0.1) is 12.7 Å². The summed E-state index contributed by atoms with van der Waals surface area (Å²) in [7, 11) is 2.11. The molecular weight excluding hydrogens is 288 g/mol. The fourth-order valence-corrected chi connectivity index (χ4v) is 2.45. The van der Waals surface area contributed by atoms with Gasteiger partial charge in [-0.3, -0.25) is 4.79 Å². The van der Waals surface area contributed by atoms with E-state index in [1.54, 1.807) is 12.1 Å². The number of hydrogen-bond acceptors (Lipinski definition) is 4. The molecule has 4 nitrogen and oxygen atoms in total. The fraction of sp³-hybridized carbons (Fsp3) is 0.316. The van der Waals surface area contributed by atoms with Crippen molar-refractivity contribution in [2.45, 2.75) is 19.6 Å². The van der Waals surface area contributed by atoms with Crippen LogP contribution in [0.1, 0.15) is 21.5 Å². The van der Waals surface area contributed by atoms with Crippen molar-refractivity contribution in [1.29, 1.82) is 0 Å². The fourth-order valence-electron chi connectivity index (χ4n) is 2.45. The van der Waals surface area contributed by atoms with Gasteiger partial charge in [0.1, 0.15) is 6.29 Å². The maximum atomic E-state index is 10.3. The standard InChI is InChI=1S/C11H15NO.C8H9NO/c1-12-7-11(8-12)13-9-10-5-3-2-4-6-10;1-6-2-7(5-10)4-8(9)3-6/h2-6,11H,7-9H2,1H3;2-5H,9H2,1H3. The number of likely N-dealkylation sites (N-methyl/N-ethyl adjacent to an activating group) is 1. The third-order valence-corrected chi connectivity index (χ3v) is 3.62. The minimum Gasteiger partial charge on any atom is -0.399 e. The van der Waals surface area contributed by atoms with E-state index in [0.717, 1.165) is 31.5 Å². The molecule has 2 N–H and O–H groups in total. The molecule has 0 aromatic heterocycles. The molecule has 0 aliphatic carbocycles. The first-order chi connectivity index (χ1) is 11.1. The molecule has 122 valence electrons. The summed E-state index contributed by atoms with van der Waals surface area (Å²) in [6.45, 7) is 4.81. The average Bonchev–Trinajstić information content (AvgIpc) is 2.51. The van der Waals surface area contributed by atoms with Gasteiger partial charge in [-0.2, -0.15) is 0 Å². The molecule has 0 radical (unpaired) electrons. The minimum absolute atomic E-state index is 0.449. The Morgan fingerprint density at radius 1 is 1.22 bits per heavy atom. The quantitative estimate of drug-likeness (QED) is 0.697. The third kappa shape index (κ3) is 5.85. The van der Waals surface area contributed by atoms with Crippen molar-refractivity contribution >= 4 is 12.0 Å². The summed E-state index contributed by atoms with van der Waals surface area (Å²) in [5.41, 5.74) is 9.03. The highest BCUT2D eigenvalue weighted by molar-refractivity contribution is 5.77. The van der Waals surface area contributed by atoms with Crippen LogP contribution in [0.4, 0.5) is 5.69 Å². The molecule has 0 amide bonds. The molecule has 0 saturated carbocycles. The van der Waals surface area contributed by atoms with Gasteiger partial charge in [0.15, 0.2) is 0 Å². The lowest BCUT2D eigenvalue weighted by Gasteiger charge is -2.35. The van der Waals surface area contributed by atoms with Crippen molar-refractivity contribution in [3.63, 3.8) is 0 Å². The van der Waals surface area contributed by atoms with Crippen LogP contribution in [0, 0.1) is 6.92 Å². The van der Waals surface area contributed by atoms with Crippen LogP contribution < -0.4 is 5.73 Å². The normalized spacial score (nSPS) is 14.5. The molecule has 1 aliphatic heterocycles. The van der Waals surface area contributed by atoms with Crippen LogP contribution in [0.2, 0.25) is 0 Å². The van der Waals surface area contributed by atoms with Gasteiger partial charge in [0, 0.05) is 24.3 Å². The van der Waals surface area contributed by atoms with E-state index in [-0.39, 0.29) is 0 Å². The summed E-state index contributed by atoms with van der Waals surface area (Å²) in [6, 6.07) is 15.6. The highest BCUT2D eigenvalue weighted by Gasteiger charge is 2.23. The van der Waals surface area contributed by atoms with Crippen molar-refractivity contribution in [1.82, 2.24) is 4.90 Å². The predicted molar refractivity (Wildman–Crippen MR) is 93.5 cm³/mol. The Morgan fingerprint density at radius 2 is 1.91 bits per heavy atom. The molecule has 4 heteroatoms. The van der Waals surface area contributed by atoms with Crippen LogP contribution in [-0.2, 0) is 11.3 Å². The molecule has 2 aromatic carbocycles. The SMILES string of the molecule is CN1CC(OCc2ccccc2)C1.Cc1cc(N)cc(C=O)c1. The highest BCUT2D eigenvalue weighted by Crippen LogP contribution is 2.11. The van der Waals surface area contributed by atoms with E-state index in [9.17, 15) is 4.79 Å². The van der Waals surface area contributed by atoms with Crippen molar-refractivity contribution in [2.24, 2.45) is 0 Å². The van der Waals surface area contributed by atoms with Gasteiger partial charge in [0.2, 0.25) is 0 Å². The Bertz CT molecular complexity index is 602. The third-order valence-electron chi connectivity index (χ3n) is 3.62. The number of anilines is 1. The number of aryl methyl sites for hydroxylation is 1. The summed E-state index contributed by atoms with van der Waals surface area (Å²) in [4.78, 5) is 12.5. The molecule has 0 atom stereocenters. The molecule has 1 fully saturated rings. The second-order valence-corrected chi connectivity index (χ2v) is 5.93. The van der Waals surface area contributed by atoms with Gasteiger partial charge in [-0.05, 0) is 43.3 Å². The molecule has 1 saturated heterocycles. The molecule has 0 unspecified atom stereocenters. The Morgan fingerprint density at radius 3 is 2.48 bits per heavy atom. The number of benzene rings is 2. The van der Waals surface area contributed by atoms with Crippen LogP contribution in [0.15, 0.2) is 48.5 Å². The number of likely N-dealkylation sites (tertiary alicyclic amines) is 1. The molecule has 0 bridgehead atoms. The first-order valence-corrected chi connectivity index (χ1v) is 7.73. The van der Waals surface area contributed by atoms with E-state index < -0.39 is 0 Å². The molecule has 3 rings (SSSR count). The predicted octanol–water partition coefficient (Wildman–Crippen LogP) is 2.91. The number of rotatable bonds is 4. The number of ether oxygens (including phenoxy) is 1. The lowest BCUT2D eigenvalue weighted by Crippen LogP contribution is -2.49. The zero-order valence-electron chi connectivity index (χ0n) is 13.7. The van der Waals surface area contributed by atoms with Crippen LogP contribution in [-0.4, -0.2) is 37.4 Å². The minimum atomic E-state index is 0.449. The molecule has 2 aromatic rings. The monoisotopic (exact) mass is 312 g/mol. The largest absolute Gasteiger partial charge is 0.399 e. The van der Waals surface area contributed by atoms with Gasteiger partial charge >= 0.3 is 0 Å². The van der Waals surface area contributed by atoms with E-state index in [0.29, 0.717) is 17.4 Å². The second kappa shape index (κ2) is 8.46. The number of hydrogen-bond donors (Lipinski definition) is 1. The van der Waals surface area contributed by atoms with E-state index in [4.69, 9.17) is 10.5 Å². The Labute approximate surface area is 137 Å². The lowest BCUT2D eigenvalue weighted by molar-refractivity contribution is -0.0518. The molecular formula is C19H24N2O2. The molecule has 23 heavy (non-hydrogen) atoms. The van der Waals surface area contributed by atoms with Crippen LogP contribution in [0.25, 0.3) is 0 Å². The average molecular weight is 312 g/mol. The van der Waals surface area contributed by atoms with Gasteiger partial charge < -0.3 is 15.4 Å². The number of nitrogen functional groups attached to an aromatic ring is 1. The lowest BCUT2D eigenvalue weighted by atomic mass is 10.1. The summed E-state index contributed by atoms with van der Waals surface area (Å²) >= 11 is 0. The number of nitrogens with two attached hydrogens (primary N) is 1. The zero-order chi connectivity index (χ0) is 16.7. The number of aldehydes is 1. The van der Waals surface area contributed by atoms with Crippen molar-refractivity contribution in [3.05, 3.63) is 65.2 Å². The van der Waals surface area contributed by atoms with Gasteiger partial charge in [-0.1, -0.05) is 30.3 Å². The van der Waals surface area contributed by atoms with E-state index >= 15 is 0 Å². The van der Waals surface area contributed by atoms with Gasteiger partial charge in [-0.25, -0.2) is 0 Å². The zero-order valence-corrected chi connectivity index (χ0v) is 13.7. The Balaban J connectivity index is 0.000000174. The van der Waals surface area contributed by atoms with E-state index in [1.165, 1.54) is 5.56 Å². The topological polar surface area (TPSA) is 55.6 Å². The van der Waals surface area contributed by atoms with Crippen molar-refractivity contribution in [3.8, 4) is 0 Å². The summed E-state index contributed by atoms with van der Waals surface area (Å²) in [5, 5.41) is 0. The van der Waals surface area contributed by atoms with E-state index in [2.05, 4.69) is 24.1 Å². The molecule has 1 heterocycles. The Kier molecular flexibility index (Phi) is 6.32. The Hall–Kier alpha value is -2.17. The van der Waals surface area contributed by atoms with Crippen molar-refractivity contribution < 1.29 is 9.53 Å². The number of carbonyl (C=O) groups is 1. The molecule has 0 spiro atoms. The first kappa shape index (κ1) is 17.2. The van der Waals surface area contributed by atoms with E-state index in [1.807, 2.05) is 31.2 Å². The summed E-state index contributed by atoms with van der Waals surface area (Å²) in [5.74, 6) is 0. The number of nitrogens with zero attached hydrogens (tertiary/aromatic N) is 1. The van der Waals surface area contributed by atoms with Gasteiger partial charge in [-0.15, -0.1) is 0 Å². The maximum absolute atomic E-state index is 10.3. The second-order valence-electron chi connectivity index (χ2n) is 5.93. The maximum Gasteiger partial charge on any atom is 0.150 e. The highest BCUT2D eigenvalue weighted by atomic mass is 16.5. The first-order valence-electron chi connectivity index (χ1n) is 7.73. The van der Waals surface area contributed by atoms with Gasteiger partial charge in [0.25, 0.3) is 0 Å². The summed E-state index contributed by atoms with van der Waals surface area (Å²) < 4.78 is 5.69. The number of carbonyl (C=O) groups excluding carboxylic acids is 1. The van der Waals surface area contributed by atoms with Crippen LogP contribution in [0.3, 0.4) is 0 Å². The van der Waals surface area contributed by atoms with Crippen molar-refractivity contribution in [2.75, 3.05) is 25.9 Å². The van der Waals surface area contributed by atoms with Crippen LogP contribution >= 0.6 is 0 Å². The van der Waals surface area contributed by atoms with Crippen LogP contribution in [0.5, 0.6) is 0 Å².